The van der Waals surface area contributed by atoms with Crippen LogP contribution in [-0.2, 0) is 11.2 Å². The van der Waals surface area contributed by atoms with E-state index in [0.29, 0.717) is 17.8 Å². The molecule has 1 aromatic carbocycles. The molecule has 0 radical (unpaired) electrons. The maximum atomic E-state index is 12.2. The molecule has 0 aliphatic heterocycles. The van der Waals surface area contributed by atoms with Gasteiger partial charge in [0.2, 0.25) is 5.88 Å². The number of nitrogens with one attached hydrogen (secondary N) is 1. The molecule has 20 heavy (non-hydrogen) atoms. The number of ether oxygens (including phenoxy) is 1. The van der Waals surface area contributed by atoms with Crippen molar-refractivity contribution in [2.75, 3.05) is 7.11 Å². The van der Waals surface area contributed by atoms with Crippen molar-refractivity contribution < 1.29 is 9.84 Å². The zero-order chi connectivity index (χ0) is 14.7. The first-order chi connectivity index (χ1) is 9.52. The number of aromatic amines is 1. The zero-order valence-electron chi connectivity index (χ0n) is 11.8. The number of aryl methyl sites for hydroxylation is 1. The van der Waals surface area contributed by atoms with Crippen molar-refractivity contribution in [3.05, 3.63) is 46.0 Å². The molecule has 0 aliphatic rings. The first-order valence-corrected chi connectivity index (χ1v) is 6.44. The number of rotatable bonds is 4. The Morgan fingerprint density at radius 2 is 2.10 bits per heavy atom. The molecular weight excluding hydrogens is 256 g/mol. The second-order valence-electron chi connectivity index (χ2n) is 4.78. The van der Waals surface area contributed by atoms with Crippen LogP contribution in [0, 0.1) is 6.92 Å². The third-order valence-electron chi connectivity index (χ3n) is 3.25. The van der Waals surface area contributed by atoms with Crippen LogP contribution in [-0.4, -0.2) is 28.3 Å². The topological polar surface area (TPSA) is 75.2 Å². The first kappa shape index (κ1) is 14.3. The first-order valence-electron chi connectivity index (χ1n) is 6.44. The van der Waals surface area contributed by atoms with Crippen LogP contribution in [0.15, 0.2) is 29.1 Å². The van der Waals surface area contributed by atoms with Crippen LogP contribution in [0.4, 0.5) is 0 Å². The van der Waals surface area contributed by atoms with Crippen molar-refractivity contribution in [1.29, 1.82) is 0 Å². The highest BCUT2D eigenvalue weighted by Crippen LogP contribution is 2.26. The summed E-state index contributed by atoms with van der Waals surface area (Å²) in [6.07, 6.45) is 0.356. The lowest BCUT2D eigenvalue weighted by Gasteiger charge is -2.11. The van der Waals surface area contributed by atoms with Crippen molar-refractivity contribution in [3.63, 3.8) is 0 Å². The molecule has 0 saturated heterocycles. The van der Waals surface area contributed by atoms with E-state index in [1.165, 1.54) is 0 Å². The molecule has 5 heteroatoms. The molecular formula is C15H18N2O3. The standard InChI is InChI=1S/C15H18N2O3/c1-9-6-4-5-7-11(9)13-14(18)16-12(17-15(13)19)8-10(2)20-3/h4-7,10H,8H2,1-3H3,(H2,16,17,18,19). The lowest BCUT2D eigenvalue weighted by Crippen LogP contribution is -2.18. The van der Waals surface area contributed by atoms with Crippen LogP contribution >= 0.6 is 0 Å². The Morgan fingerprint density at radius 1 is 1.40 bits per heavy atom. The smallest absolute Gasteiger partial charge is 0.262 e. The summed E-state index contributed by atoms with van der Waals surface area (Å²) in [7, 11) is 1.59. The van der Waals surface area contributed by atoms with Gasteiger partial charge in [0.1, 0.15) is 11.4 Å². The van der Waals surface area contributed by atoms with Crippen LogP contribution in [0.5, 0.6) is 5.88 Å². The zero-order valence-corrected chi connectivity index (χ0v) is 11.8. The van der Waals surface area contributed by atoms with Gasteiger partial charge >= 0.3 is 0 Å². The summed E-state index contributed by atoms with van der Waals surface area (Å²) in [6.45, 7) is 3.75. The summed E-state index contributed by atoms with van der Waals surface area (Å²) in [5.74, 6) is 0.167. The van der Waals surface area contributed by atoms with Crippen molar-refractivity contribution >= 4 is 0 Å². The van der Waals surface area contributed by atoms with Crippen molar-refractivity contribution in [3.8, 4) is 17.0 Å². The van der Waals surface area contributed by atoms with Crippen LogP contribution in [0.1, 0.15) is 18.3 Å². The molecule has 0 saturated carbocycles. The predicted molar refractivity (Wildman–Crippen MR) is 76.9 cm³/mol. The van der Waals surface area contributed by atoms with Crippen LogP contribution in [0.2, 0.25) is 0 Å². The summed E-state index contributed by atoms with van der Waals surface area (Å²) in [4.78, 5) is 18.9. The fraction of sp³-hybridized carbons (Fsp3) is 0.333. The largest absolute Gasteiger partial charge is 0.493 e. The molecule has 0 aliphatic carbocycles. The SMILES string of the molecule is COC(C)Cc1nc(O)c(-c2ccccc2C)c(=O)[nH]1. The molecule has 1 atom stereocenters. The van der Waals surface area contributed by atoms with E-state index in [4.69, 9.17) is 4.74 Å². The summed E-state index contributed by atoms with van der Waals surface area (Å²) in [5.41, 5.74) is 1.46. The van der Waals surface area contributed by atoms with Gasteiger partial charge in [-0.25, -0.2) is 0 Å². The Hall–Kier alpha value is -2.14. The molecule has 2 N–H and O–H groups in total. The number of benzene rings is 1. The van der Waals surface area contributed by atoms with Crippen molar-refractivity contribution in [1.82, 2.24) is 9.97 Å². The molecule has 0 bridgehead atoms. The number of methoxy groups -OCH3 is 1. The molecule has 5 nitrogen and oxygen atoms in total. The Bertz CT molecular complexity index is 664. The summed E-state index contributed by atoms with van der Waals surface area (Å²) in [5, 5.41) is 10.1. The summed E-state index contributed by atoms with van der Waals surface area (Å²) < 4.78 is 5.12. The van der Waals surface area contributed by atoms with Gasteiger partial charge in [0.25, 0.3) is 5.56 Å². The number of hydrogen-bond acceptors (Lipinski definition) is 4. The van der Waals surface area contributed by atoms with E-state index in [1.54, 1.807) is 13.2 Å². The van der Waals surface area contributed by atoms with E-state index in [-0.39, 0.29) is 23.1 Å². The van der Waals surface area contributed by atoms with Gasteiger partial charge in [0.05, 0.1) is 6.10 Å². The number of nitrogens with zero attached hydrogens (tertiary/aromatic N) is 1. The normalized spacial score (nSPS) is 12.3. The highest BCUT2D eigenvalue weighted by Gasteiger charge is 2.15. The average molecular weight is 274 g/mol. The number of hydrogen-bond donors (Lipinski definition) is 2. The van der Waals surface area contributed by atoms with E-state index >= 15 is 0 Å². The van der Waals surface area contributed by atoms with Gasteiger partial charge in [0, 0.05) is 13.5 Å². The molecule has 0 amide bonds. The quantitative estimate of drug-likeness (QED) is 0.894. The van der Waals surface area contributed by atoms with Crippen LogP contribution in [0.25, 0.3) is 11.1 Å². The fourth-order valence-corrected chi connectivity index (χ4v) is 2.06. The number of H-pyrrole nitrogens is 1. The fourth-order valence-electron chi connectivity index (χ4n) is 2.06. The molecule has 1 heterocycles. The highest BCUT2D eigenvalue weighted by molar-refractivity contribution is 5.70. The van der Waals surface area contributed by atoms with Gasteiger partial charge in [0.15, 0.2) is 0 Å². The summed E-state index contributed by atoms with van der Waals surface area (Å²) in [6, 6.07) is 7.38. The molecule has 1 aromatic heterocycles. The Morgan fingerprint density at radius 3 is 2.70 bits per heavy atom. The molecule has 2 aromatic rings. The third-order valence-corrected chi connectivity index (χ3v) is 3.25. The Balaban J connectivity index is 2.47. The monoisotopic (exact) mass is 274 g/mol. The van der Waals surface area contributed by atoms with Gasteiger partial charge < -0.3 is 14.8 Å². The second kappa shape index (κ2) is 5.88. The van der Waals surface area contributed by atoms with E-state index in [1.807, 2.05) is 32.0 Å². The number of aromatic hydroxyl groups is 1. The number of aromatic nitrogens is 2. The maximum Gasteiger partial charge on any atom is 0.262 e. The highest BCUT2D eigenvalue weighted by atomic mass is 16.5. The van der Waals surface area contributed by atoms with E-state index < -0.39 is 0 Å². The van der Waals surface area contributed by atoms with Gasteiger partial charge in [-0.3, -0.25) is 4.79 Å². The maximum absolute atomic E-state index is 12.2. The minimum absolute atomic E-state index is 0.0816. The molecule has 1 unspecified atom stereocenters. The second-order valence-corrected chi connectivity index (χ2v) is 4.78. The Labute approximate surface area is 117 Å². The molecule has 106 valence electrons. The van der Waals surface area contributed by atoms with Gasteiger partial charge in [-0.1, -0.05) is 24.3 Å². The van der Waals surface area contributed by atoms with Crippen molar-refractivity contribution in [2.45, 2.75) is 26.4 Å². The van der Waals surface area contributed by atoms with E-state index in [0.717, 1.165) is 5.56 Å². The molecule has 2 rings (SSSR count). The lowest BCUT2D eigenvalue weighted by molar-refractivity contribution is 0.117. The van der Waals surface area contributed by atoms with Crippen LogP contribution in [0.3, 0.4) is 0 Å². The van der Waals surface area contributed by atoms with Crippen LogP contribution < -0.4 is 5.56 Å². The van der Waals surface area contributed by atoms with Gasteiger partial charge in [-0.05, 0) is 25.0 Å². The average Bonchev–Trinajstić information content (AvgIpc) is 2.40. The van der Waals surface area contributed by atoms with Gasteiger partial charge in [-0.15, -0.1) is 0 Å². The van der Waals surface area contributed by atoms with E-state index in [2.05, 4.69) is 9.97 Å². The third kappa shape index (κ3) is 2.88. The van der Waals surface area contributed by atoms with E-state index in [9.17, 15) is 9.90 Å². The lowest BCUT2D eigenvalue weighted by atomic mass is 10.0. The predicted octanol–water partition coefficient (Wildman–Crippen LogP) is 2.03. The minimum Gasteiger partial charge on any atom is -0.493 e. The molecule has 0 spiro atoms. The summed E-state index contributed by atoms with van der Waals surface area (Å²) >= 11 is 0. The van der Waals surface area contributed by atoms with Gasteiger partial charge in [-0.2, -0.15) is 4.98 Å². The minimum atomic E-state index is -0.342. The molecule has 0 fully saturated rings. The van der Waals surface area contributed by atoms with Crippen molar-refractivity contribution in [2.24, 2.45) is 0 Å². The Kier molecular flexibility index (Phi) is 4.20.